The SMILES string of the molecule is CCc1nn(CC)c(CC(N)c2cnn(C)c2C)c1Br. The van der Waals surface area contributed by atoms with Gasteiger partial charge in [-0.25, -0.2) is 0 Å². The van der Waals surface area contributed by atoms with Gasteiger partial charge < -0.3 is 5.73 Å². The normalized spacial score (nSPS) is 12.9. The van der Waals surface area contributed by atoms with E-state index in [0.29, 0.717) is 0 Å². The summed E-state index contributed by atoms with van der Waals surface area (Å²) in [5, 5.41) is 8.88. The van der Waals surface area contributed by atoms with Crippen LogP contribution in [-0.2, 0) is 26.4 Å². The lowest BCUT2D eigenvalue weighted by Crippen LogP contribution is -2.17. The van der Waals surface area contributed by atoms with Crippen LogP contribution in [0.5, 0.6) is 0 Å². The van der Waals surface area contributed by atoms with E-state index in [9.17, 15) is 0 Å². The van der Waals surface area contributed by atoms with Crippen LogP contribution >= 0.6 is 15.9 Å². The molecule has 2 aromatic heterocycles. The van der Waals surface area contributed by atoms with Gasteiger partial charge in [-0.05, 0) is 36.2 Å². The van der Waals surface area contributed by atoms with Gasteiger partial charge in [0.05, 0.1) is 22.1 Å². The van der Waals surface area contributed by atoms with E-state index >= 15 is 0 Å². The highest BCUT2D eigenvalue weighted by Crippen LogP contribution is 2.27. The first-order valence-electron chi connectivity index (χ1n) is 6.97. The molecule has 0 aliphatic carbocycles. The number of halogens is 1. The molecule has 2 rings (SSSR count). The molecule has 0 bridgehead atoms. The maximum Gasteiger partial charge on any atom is 0.0766 e. The Labute approximate surface area is 128 Å². The average molecular weight is 340 g/mol. The van der Waals surface area contributed by atoms with Gasteiger partial charge in [-0.2, -0.15) is 10.2 Å². The Kier molecular flexibility index (Phi) is 4.65. The molecule has 2 N–H and O–H groups in total. The van der Waals surface area contributed by atoms with Crippen molar-refractivity contribution in [3.8, 4) is 0 Å². The Bertz CT molecular complexity index is 599. The second-order valence-corrected chi connectivity index (χ2v) is 5.79. The quantitative estimate of drug-likeness (QED) is 0.910. The van der Waals surface area contributed by atoms with Gasteiger partial charge in [-0.15, -0.1) is 0 Å². The smallest absolute Gasteiger partial charge is 0.0766 e. The summed E-state index contributed by atoms with van der Waals surface area (Å²) < 4.78 is 4.99. The number of rotatable bonds is 5. The van der Waals surface area contributed by atoms with Crippen LogP contribution in [0.4, 0.5) is 0 Å². The molecule has 0 radical (unpaired) electrons. The molecular weight excluding hydrogens is 318 g/mol. The zero-order valence-electron chi connectivity index (χ0n) is 12.5. The average Bonchev–Trinajstić information content (AvgIpc) is 2.92. The van der Waals surface area contributed by atoms with E-state index in [1.807, 2.05) is 29.5 Å². The minimum Gasteiger partial charge on any atom is -0.324 e. The van der Waals surface area contributed by atoms with Crippen molar-refractivity contribution in [1.29, 1.82) is 0 Å². The fraction of sp³-hybridized carbons (Fsp3) is 0.571. The topological polar surface area (TPSA) is 61.7 Å². The zero-order valence-corrected chi connectivity index (χ0v) is 14.1. The Hall–Kier alpha value is -1.14. The lowest BCUT2D eigenvalue weighted by molar-refractivity contribution is 0.583. The van der Waals surface area contributed by atoms with E-state index in [1.54, 1.807) is 0 Å². The largest absolute Gasteiger partial charge is 0.324 e. The van der Waals surface area contributed by atoms with E-state index in [2.05, 4.69) is 40.0 Å². The molecule has 20 heavy (non-hydrogen) atoms. The van der Waals surface area contributed by atoms with Gasteiger partial charge in [0.25, 0.3) is 0 Å². The Morgan fingerprint density at radius 1 is 1.40 bits per heavy atom. The van der Waals surface area contributed by atoms with Crippen LogP contribution in [0.15, 0.2) is 10.7 Å². The zero-order chi connectivity index (χ0) is 14.9. The van der Waals surface area contributed by atoms with Gasteiger partial charge in [0.15, 0.2) is 0 Å². The molecule has 0 aliphatic rings. The van der Waals surface area contributed by atoms with Crippen LogP contribution in [0.1, 0.15) is 42.5 Å². The van der Waals surface area contributed by atoms with Crippen LogP contribution in [0.2, 0.25) is 0 Å². The van der Waals surface area contributed by atoms with Gasteiger partial charge in [-0.3, -0.25) is 9.36 Å². The molecule has 0 saturated carbocycles. The molecule has 5 nitrogen and oxygen atoms in total. The first kappa shape index (κ1) is 15.3. The molecular formula is C14H22BrN5. The monoisotopic (exact) mass is 339 g/mol. The minimum atomic E-state index is -0.0632. The van der Waals surface area contributed by atoms with Crippen LogP contribution in [0.3, 0.4) is 0 Å². The van der Waals surface area contributed by atoms with E-state index < -0.39 is 0 Å². The molecule has 0 amide bonds. The highest BCUT2D eigenvalue weighted by Gasteiger charge is 2.19. The predicted octanol–water partition coefficient (Wildman–Crippen LogP) is 2.51. The predicted molar refractivity (Wildman–Crippen MR) is 83.6 cm³/mol. The first-order valence-corrected chi connectivity index (χ1v) is 7.76. The number of nitrogens with zero attached hydrogens (tertiary/aromatic N) is 4. The third-order valence-corrected chi connectivity index (χ3v) is 4.70. The number of hydrogen-bond acceptors (Lipinski definition) is 3. The van der Waals surface area contributed by atoms with E-state index in [0.717, 1.165) is 40.8 Å². The summed E-state index contributed by atoms with van der Waals surface area (Å²) in [4.78, 5) is 0. The summed E-state index contributed by atoms with van der Waals surface area (Å²) in [7, 11) is 1.94. The van der Waals surface area contributed by atoms with Gasteiger partial charge in [0.1, 0.15) is 0 Å². The third-order valence-electron chi connectivity index (χ3n) is 3.78. The summed E-state index contributed by atoms with van der Waals surface area (Å²) in [6.45, 7) is 7.11. The minimum absolute atomic E-state index is 0.0632. The molecule has 0 fully saturated rings. The van der Waals surface area contributed by atoms with Gasteiger partial charge in [0, 0.05) is 37.3 Å². The maximum absolute atomic E-state index is 6.37. The van der Waals surface area contributed by atoms with Crippen molar-refractivity contribution in [2.75, 3.05) is 0 Å². The second-order valence-electron chi connectivity index (χ2n) is 5.00. The van der Waals surface area contributed by atoms with Gasteiger partial charge >= 0.3 is 0 Å². The lowest BCUT2D eigenvalue weighted by Gasteiger charge is -2.13. The molecule has 0 aliphatic heterocycles. The summed E-state index contributed by atoms with van der Waals surface area (Å²) >= 11 is 3.67. The van der Waals surface area contributed by atoms with Crippen LogP contribution in [0.25, 0.3) is 0 Å². The van der Waals surface area contributed by atoms with Crippen molar-refractivity contribution in [2.24, 2.45) is 12.8 Å². The van der Waals surface area contributed by atoms with Gasteiger partial charge in [0.2, 0.25) is 0 Å². The van der Waals surface area contributed by atoms with E-state index in [-0.39, 0.29) is 6.04 Å². The Morgan fingerprint density at radius 2 is 2.10 bits per heavy atom. The molecule has 2 heterocycles. The number of nitrogens with two attached hydrogens (primary N) is 1. The Morgan fingerprint density at radius 3 is 2.60 bits per heavy atom. The second kappa shape index (κ2) is 6.10. The first-order chi connectivity index (χ1) is 9.49. The summed E-state index contributed by atoms with van der Waals surface area (Å²) in [5.41, 5.74) is 10.8. The lowest BCUT2D eigenvalue weighted by atomic mass is 10.0. The molecule has 2 aromatic rings. The van der Waals surface area contributed by atoms with Crippen LogP contribution in [0, 0.1) is 6.92 Å². The van der Waals surface area contributed by atoms with Crippen molar-refractivity contribution in [3.05, 3.63) is 33.3 Å². The van der Waals surface area contributed by atoms with Gasteiger partial charge in [-0.1, -0.05) is 6.92 Å². The molecule has 110 valence electrons. The molecule has 0 saturated heterocycles. The number of hydrogen-bond donors (Lipinski definition) is 1. The summed E-state index contributed by atoms with van der Waals surface area (Å²) in [6.07, 6.45) is 3.54. The van der Waals surface area contributed by atoms with Crippen LogP contribution in [-0.4, -0.2) is 19.6 Å². The van der Waals surface area contributed by atoms with Crippen LogP contribution < -0.4 is 5.73 Å². The highest BCUT2D eigenvalue weighted by molar-refractivity contribution is 9.10. The molecule has 0 aromatic carbocycles. The van der Waals surface area contributed by atoms with Crippen molar-refractivity contribution in [2.45, 2.75) is 46.2 Å². The fourth-order valence-corrected chi connectivity index (χ4v) is 3.14. The third kappa shape index (κ3) is 2.67. The van der Waals surface area contributed by atoms with E-state index in [1.165, 1.54) is 5.69 Å². The highest BCUT2D eigenvalue weighted by atomic mass is 79.9. The van der Waals surface area contributed by atoms with Crippen molar-refractivity contribution < 1.29 is 0 Å². The fourth-order valence-electron chi connectivity index (χ4n) is 2.41. The standard InChI is InChI=1S/C14H22BrN5/c1-5-12-14(15)13(20(6-2)18-12)7-11(16)10-8-17-19(4)9(10)3/h8,11H,5-7,16H2,1-4H3. The van der Waals surface area contributed by atoms with Crippen molar-refractivity contribution in [3.63, 3.8) is 0 Å². The molecule has 6 heteroatoms. The maximum atomic E-state index is 6.37. The summed E-state index contributed by atoms with van der Waals surface area (Å²) in [6, 6.07) is -0.0632. The molecule has 1 atom stereocenters. The van der Waals surface area contributed by atoms with E-state index in [4.69, 9.17) is 5.73 Å². The van der Waals surface area contributed by atoms with Crippen molar-refractivity contribution in [1.82, 2.24) is 19.6 Å². The number of aromatic nitrogens is 4. The molecule has 1 unspecified atom stereocenters. The summed E-state index contributed by atoms with van der Waals surface area (Å²) in [5.74, 6) is 0. The Balaban J connectivity index is 2.30. The molecule has 0 spiro atoms. The number of aryl methyl sites for hydroxylation is 3. The van der Waals surface area contributed by atoms with Crippen molar-refractivity contribution >= 4 is 15.9 Å².